The van der Waals surface area contributed by atoms with Crippen molar-refractivity contribution < 1.29 is 9.47 Å². The molecule has 0 amide bonds. The van der Waals surface area contributed by atoms with Crippen LogP contribution >= 0.6 is 15.9 Å². The molecule has 5 nitrogen and oxygen atoms in total. The summed E-state index contributed by atoms with van der Waals surface area (Å²) < 4.78 is 14.2. The molecule has 0 bridgehead atoms. The predicted molar refractivity (Wildman–Crippen MR) is 85.8 cm³/mol. The second-order valence-corrected chi connectivity index (χ2v) is 6.25. The third-order valence-electron chi connectivity index (χ3n) is 3.65. The maximum Gasteiger partial charge on any atom is 0.165 e. The lowest BCUT2D eigenvalue weighted by atomic mass is 9.92. The second-order valence-electron chi connectivity index (χ2n) is 5.39. The van der Waals surface area contributed by atoms with Crippen LogP contribution in [-0.2, 0) is 7.05 Å². The van der Waals surface area contributed by atoms with Gasteiger partial charge in [-0.05, 0) is 27.9 Å². The van der Waals surface area contributed by atoms with Gasteiger partial charge in [0.1, 0.15) is 19.0 Å². The minimum absolute atomic E-state index is 0.271. The Morgan fingerprint density at radius 2 is 2.05 bits per heavy atom. The van der Waals surface area contributed by atoms with Crippen molar-refractivity contribution >= 4 is 21.7 Å². The Balaban J connectivity index is 2.31. The first-order valence-corrected chi connectivity index (χ1v) is 7.69. The zero-order chi connectivity index (χ0) is 15.1. The van der Waals surface area contributed by atoms with E-state index in [-0.39, 0.29) is 5.92 Å². The van der Waals surface area contributed by atoms with Gasteiger partial charge in [-0.15, -0.1) is 0 Å². The quantitative estimate of drug-likeness (QED) is 0.901. The summed E-state index contributed by atoms with van der Waals surface area (Å²) >= 11 is 3.65. The third-order valence-corrected chi connectivity index (χ3v) is 4.28. The first kappa shape index (κ1) is 14.3. The summed E-state index contributed by atoms with van der Waals surface area (Å²) in [4.78, 5) is 0. The number of nitrogens with two attached hydrogens (primary N) is 1. The number of benzene rings is 1. The van der Waals surface area contributed by atoms with Crippen LogP contribution in [0.25, 0.3) is 11.1 Å². The van der Waals surface area contributed by atoms with E-state index in [1.165, 1.54) is 0 Å². The monoisotopic (exact) mass is 351 g/mol. The summed E-state index contributed by atoms with van der Waals surface area (Å²) in [5, 5.41) is 4.24. The van der Waals surface area contributed by atoms with E-state index < -0.39 is 0 Å². The van der Waals surface area contributed by atoms with E-state index in [1.54, 1.807) is 10.9 Å². The Morgan fingerprint density at radius 3 is 2.67 bits per heavy atom. The lowest BCUT2D eigenvalue weighted by molar-refractivity contribution is 0.169. The SMILES string of the molecule is CC(C)c1c2c(cc(Br)c1-c1cnn(C)c1N)OCCO2. The molecule has 1 aromatic carbocycles. The fraction of sp³-hybridized carbons (Fsp3) is 0.400. The molecule has 3 rings (SSSR count). The summed E-state index contributed by atoms with van der Waals surface area (Å²) in [5.41, 5.74) is 9.19. The zero-order valence-electron chi connectivity index (χ0n) is 12.3. The zero-order valence-corrected chi connectivity index (χ0v) is 13.9. The molecular formula is C15H18BrN3O2. The van der Waals surface area contributed by atoms with Crippen molar-refractivity contribution in [2.75, 3.05) is 18.9 Å². The van der Waals surface area contributed by atoms with E-state index in [0.29, 0.717) is 19.0 Å². The van der Waals surface area contributed by atoms with E-state index in [1.807, 2.05) is 13.1 Å². The molecule has 2 heterocycles. The van der Waals surface area contributed by atoms with E-state index in [4.69, 9.17) is 15.2 Å². The molecule has 0 radical (unpaired) electrons. The van der Waals surface area contributed by atoms with Crippen LogP contribution in [0.15, 0.2) is 16.7 Å². The predicted octanol–water partition coefficient (Wildman–Crippen LogP) is 3.33. The Bertz CT molecular complexity index is 695. The van der Waals surface area contributed by atoms with Gasteiger partial charge in [-0.1, -0.05) is 13.8 Å². The summed E-state index contributed by atoms with van der Waals surface area (Å²) in [6, 6.07) is 1.95. The molecule has 0 atom stereocenters. The van der Waals surface area contributed by atoms with Crippen LogP contribution in [0, 0.1) is 0 Å². The van der Waals surface area contributed by atoms with Gasteiger partial charge in [0.25, 0.3) is 0 Å². The highest BCUT2D eigenvalue weighted by atomic mass is 79.9. The summed E-state index contributed by atoms with van der Waals surface area (Å²) in [6.07, 6.45) is 1.79. The van der Waals surface area contributed by atoms with Crippen LogP contribution in [0.5, 0.6) is 11.5 Å². The van der Waals surface area contributed by atoms with E-state index in [0.717, 1.165) is 32.7 Å². The number of aryl methyl sites for hydroxylation is 1. The maximum absolute atomic E-state index is 6.16. The van der Waals surface area contributed by atoms with Crippen molar-refractivity contribution in [2.45, 2.75) is 19.8 Å². The number of anilines is 1. The number of ether oxygens (including phenoxy) is 2. The Morgan fingerprint density at radius 1 is 1.33 bits per heavy atom. The van der Waals surface area contributed by atoms with E-state index in [9.17, 15) is 0 Å². The van der Waals surface area contributed by atoms with Crippen molar-refractivity contribution in [1.82, 2.24) is 9.78 Å². The minimum Gasteiger partial charge on any atom is -0.486 e. The van der Waals surface area contributed by atoms with Crippen molar-refractivity contribution in [2.24, 2.45) is 7.05 Å². The number of hydrogen-bond acceptors (Lipinski definition) is 4. The first-order valence-electron chi connectivity index (χ1n) is 6.90. The highest BCUT2D eigenvalue weighted by molar-refractivity contribution is 9.10. The Hall–Kier alpha value is -1.69. The largest absolute Gasteiger partial charge is 0.486 e. The molecule has 2 N–H and O–H groups in total. The van der Waals surface area contributed by atoms with Crippen molar-refractivity contribution in [1.29, 1.82) is 0 Å². The van der Waals surface area contributed by atoms with Crippen molar-refractivity contribution in [3.05, 3.63) is 22.3 Å². The fourth-order valence-electron chi connectivity index (χ4n) is 2.64. The topological polar surface area (TPSA) is 62.3 Å². The van der Waals surface area contributed by atoms with Gasteiger partial charge in [-0.3, -0.25) is 4.68 Å². The lowest BCUT2D eigenvalue weighted by Gasteiger charge is -2.26. The number of rotatable bonds is 2. The van der Waals surface area contributed by atoms with Crippen LogP contribution in [-0.4, -0.2) is 23.0 Å². The molecule has 0 aliphatic carbocycles. The standard InChI is InChI=1S/C15H18BrN3O2/c1-8(2)12-13(9-7-18-19(3)15(9)17)10(16)6-11-14(12)21-5-4-20-11/h6-8H,4-5,17H2,1-3H3. The third kappa shape index (κ3) is 2.27. The Labute approximate surface area is 132 Å². The second kappa shape index (κ2) is 5.26. The average molecular weight is 352 g/mol. The van der Waals surface area contributed by atoms with E-state index in [2.05, 4.69) is 34.9 Å². The van der Waals surface area contributed by atoms with Crippen LogP contribution in [0.2, 0.25) is 0 Å². The molecule has 6 heteroatoms. The molecule has 0 saturated carbocycles. The molecule has 0 fully saturated rings. The highest BCUT2D eigenvalue weighted by Crippen LogP contribution is 2.48. The van der Waals surface area contributed by atoms with Gasteiger partial charge in [0.2, 0.25) is 0 Å². The summed E-state index contributed by atoms with van der Waals surface area (Å²) in [6.45, 7) is 5.41. The smallest absolute Gasteiger partial charge is 0.165 e. The van der Waals surface area contributed by atoms with Crippen LogP contribution < -0.4 is 15.2 Å². The summed E-state index contributed by atoms with van der Waals surface area (Å²) in [5.74, 6) is 2.50. The molecule has 112 valence electrons. The molecule has 1 aromatic heterocycles. The minimum atomic E-state index is 0.271. The molecule has 0 saturated heterocycles. The molecule has 1 aliphatic heterocycles. The van der Waals surface area contributed by atoms with Crippen LogP contribution in [0.1, 0.15) is 25.3 Å². The summed E-state index contributed by atoms with van der Waals surface area (Å²) in [7, 11) is 1.83. The lowest BCUT2D eigenvalue weighted by Crippen LogP contribution is -2.17. The molecule has 21 heavy (non-hydrogen) atoms. The maximum atomic E-state index is 6.16. The molecule has 2 aromatic rings. The average Bonchev–Trinajstić information content (AvgIpc) is 2.77. The highest BCUT2D eigenvalue weighted by Gasteiger charge is 2.26. The van der Waals surface area contributed by atoms with Gasteiger partial charge in [-0.2, -0.15) is 5.10 Å². The van der Waals surface area contributed by atoms with Crippen molar-refractivity contribution in [3.63, 3.8) is 0 Å². The van der Waals surface area contributed by atoms with Gasteiger partial charge < -0.3 is 15.2 Å². The molecular weight excluding hydrogens is 334 g/mol. The number of halogens is 1. The number of hydrogen-bond donors (Lipinski definition) is 1. The van der Waals surface area contributed by atoms with E-state index >= 15 is 0 Å². The van der Waals surface area contributed by atoms with Gasteiger partial charge in [0.05, 0.1) is 6.20 Å². The fourth-order valence-corrected chi connectivity index (χ4v) is 3.28. The van der Waals surface area contributed by atoms with Gasteiger partial charge in [0, 0.05) is 28.2 Å². The normalized spacial score (nSPS) is 13.8. The van der Waals surface area contributed by atoms with Crippen LogP contribution in [0.4, 0.5) is 5.82 Å². The number of fused-ring (bicyclic) bond motifs is 1. The van der Waals surface area contributed by atoms with Crippen molar-refractivity contribution in [3.8, 4) is 22.6 Å². The number of nitrogens with zero attached hydrogens (tertiary/aromatic N) is 2. The molecule has 0 spiro atoms. The van der Waals surface area contributed by atoms with Gasteiger partial charge >= 0.3 is 0 Å². The van der Waals surface area contributed by atoms with Gasteiger partial charge in [-0.25, -0.2) is 0 Å². The van der Waals surface area contributed by atoms with Crippen LogP contribution in [0.3, 0.4) is 0 Å². The molecule has 0 unspecified atom stereocenters. The number of nitrogen functional groups attached to an aromatic ring is 1. The number of aromatic nitrogens is 2. The molecule has 1 aliphatic rings. The Kier molecular flexibility index (Phi) is 3.57. The first-order chi connectivity index (χ1) is 10.0. The van der Waals surface area contributed by atoms with Gasteiger partial charge in [0.15, 0.2) is 11.5 Å².